The highest BCUT2D eigenvalue weighted by Crippen LogP contribution is 2.36. The minimum atomic E-state index is -4.36. The lowest BCUT2D eigenvalue weighted by Crippen LogP contribution is -2.12. The fourth-order valence-corrected chi connectivity index (χ4v) is 2.14. The summed E-state index contributed by atoms with van der Waals surface area (Å²) in [6, 6.07) is 5.01. The lowest BCUT2D eigenvalue weighted by molar-refractivity contribution is -0.0328. The topological polar surface area (TPSA) is 68.0 Å². The van der Waals surface area contributed by atoms with Gasteiger partial charge in [-0.3, -0.25) is 10.1 Å². The lowest BCUT2D eigenvalue weighted by Gasteiger charge is -2.06. The maximum Gasteiger partial charge on any atom is 0.446 e. The van der Waals surface area contributed by atoms with Crippen LogP contribution in [0.15, 0.2) is 33.6 Å². The number of thioether (sulfide) groups is 1. The van der Waals surface area contributed by atoms with Crippen molar-refractivity contribution in [3.63, 3.8) is 0 Å². The van der Waals surface area contributed by atoms with E-state index in [1.165, 1.54) is 24.3 Å². The maximum atomic E-state index is 12.2. The Balaban J connectivity index is 2.00. The van der Waals surface area contributed by atoms with Gasteiger partial charge in [-0.05, 0) is 42.4 Å². The number of hydrogen-bond donors (Lipinski definition) is 1. The highest BCUT2D eigenvalue weighted by atomic mass is 32.2. The maximum absolute atomic E-state index is 12.2. The molecule has 9 heteroatoms. The number of carbonyl (C=O) groups excluding carboxylic acids is 1. The van der Waals surface area contributed by atoms with Gasteiger partial charge < -0.3 is 4.42 Å². The second-order valence-corrected chi connectivity index (χ2v) is 5.42. The number of amides is 1. The number of anilines is 1. The molecule has 0 atom stereocenters. The van der Waals surface area contributed by atoms with Crippen molar-refractivity contribution in [2.75, 3.05) is 5.32 Å². The van der Waals surface area contributed by atoms with Crippen LogP contribution in [0.2, 0.25) is 0 Å². The van der Waals surface area contributed by atoms with E-state index in [2.05, 4.69) is 15.5 Å². The van der Waals surface area contributed by atoms with Gasteiger partial charge in [0.25, 0.3) is 5.91 Å². The van der Waals surface area contributed by atoms with Crippen molar-refractivity contribution in [3.05, 3.63) is 35.7 Å². The van der Waals surface area contributed by atoms with Crippen LogP contribution in [0.1, 0.15) is 29.6 Å². The third-order valence-electron chi connectivity index (χ3n) is 2.50. The van der Waals surface area contributed by atoms with Gasteiger partial charge in [0.15, 0.2) is 0 Å². The fourth-order valence-electron chi connectivity index (χ4n) is 1.60. The predicted molar refractivity (Wildman–Crippen MR) is 74.6 cm³/mol. The molecule has 5 nitrogen and oxygen atoms in total. The van der Waals surface area contributed by atoms with E-state index in [9.17, 15) is 18.0 Å². The summed E-state index contributed by atoms with van der Waals surface area (Å²) in [6.45, 7) is 1.95. The molecule has 2 aromatic rings. The molecule has 0 fully saturated rings. The molecule has 1 aromatic heterocycles. The van der Waals surface area contributed by atoms with Crippen LogP contribution < -0.4 is 5.32 Å². The van der Waals surface area contributed by atoms with Gasteiger partial charge in [0.2, 0.25) is 5.89 Å². The first-order chi connectivity index (χ1) is 10.4. The first kappa shape index (κ1) is 16.3. The molecule has 0 aliphatic rings. The fraction of sp³-hybridized carbons (Fsp3) is 0.308. The van der Waals surface area contributed by atoms with Crippen molar-refractivity contribution in [2.24, 2.45) is 0 Å². The standard InChI is InChI=1S/C13H12F3N3O2S/c1-2-3-10-18-19-12(21-10)17-11(20)8-4-6-9(7-5-8)22-13(14,15)16/h4-7H,2-3H2,1H3,(H,17,19,20). The zero-order valence-electron chi connectivity index (χ0n) is 11.5. The summed E-state index contributed by atoms with van der Waals surface area (Å²) in [5.41, 5.74) is -4.16. The SMILES string of the molecule is CCCc1nnc(NC(=O)c2ccc(SC(F)(F)F)cc2)o1. The highest BCUT2D eigenvalue weighted by Gasteiger charge is 2.29. The average Bonchev–Trinajstić information content (AvgIpc) is 2.85. The first-order valence-corrected chi connectivity index (χ1v) is 7.18. The van der Waals surface area contributed by atoms with Crippen LogP contribution >= 0.6 is 11.8 Å². The summed E-state index contributed by atoms with van der Waals surface area (Å²) in [4.78, 5) is 11.9. The van der Waals surface area contributed by atoms with Crippen LogP contribution in [-0.2, 0) is 6.42 Å². The third kappa shape index (κ3) is 4.76. The number of hydrogen-bond acceptors (Lipinski definition) is 5. The molecule has 118 valence electrons. The highest BCUT2D eigenvalue weighted by molar-refractivity contribution is 8.00. The molecule has 22 heavy (non-hydrogen) atoms. The molecule has 0 spiro atoms. The Bertz CT molecular complexity index is 641. The van der Waals surface area contributed by atoms with Crippen molar-refractivity contribution in [2.45, 2.75) is 30.2 Å². The molecular formula is C13H12F3N3O2S. The molecule has 0 aliphatic heterocycles. The largest absolute Gasteiger partial charge is 0.446 e. The van der Waals surface area contributed by atoms with Gasteiger partial charge in [-0.2, -0.15) is 13.2 Å². The molecule has 1 amide bonds. The molecule has 0 saturated heterocycles. The summed E-state index contributed by atoms with van der Waals surface area (Å²) in [5.74, 6) is -0.120. The van der Waals surface area contributed by atoms with E-state index in [4.69, 9.17) is 4.42 Å². The summed E-state index contributed by atoms with van der Waals surface area (Å²) in [7, 11) is 0. The van der Waals surface area contributed by atoms with Crippen LogP contribution in [0, 0.1) is 0 Å². The second kappa shape index (κ2) is 6.82. The Labute approximate surface area is 128 Å². The first-order valence-electron chi connectivity index (χ1n) is 6.37. The number of nitrogens with zero attached hydrogens (tertiary/aromatic N) is 2. The molecule has 0 aliphatic carbocycles. The number of halogens is 3. The van der Waals surface area contributed by atoms with Gasteiger partial charge in [0, 0.05) is 16.9 Å². The minimum absolute atomic E-state index is 0.00655. The number of benzene rings is 1. The molecule has 0 unspecified atom stereocenters. The number of rotatable bonds is 5. The van der Waals surface area contributed by atoms with Gasteiger partial charge in [0.05, 0.1) is 0 Å². The van der Waals surface area contributed by atoms with Crippen molar-refractivity contribution < 1.29 is 22.4 Å². The Hall–Kier alpha value is -2.03. The van der Waals surface area contributed by atoms with Gasteiger partial charge >= 0.3 is 11.5 Å². The van der Waals surface area contributed by atoms with Crippen molar-refractivity contribution >= 4 is 23.7 Å². The average molecular weight is 331 g/mol. The van der Waals surface area contributed by atoms with Gasteiger partial charge in [-0.15, -0.1) is 5.10 Å². The smallest absolute Gasteiger partial charge is 0.408 e. The van der Waals surface area contributed by atoms with E-state index in [0.29, 0.717) is 12.3 Å². The number of nitrogens with one attached hydrogen (secondary N) is 1. The lowest BCUT2D eigenvalue weighted by atomic mass is 10.2. The quantitative estimate of drug-likeness (QED) is 0.842. The predicted octanol–water partition coefficient (Wildman–Crippen LogP) is 3.89. The number of carbonyl (C=O) groups is 1. The van der Waals surface area contributed by atoms with E-state index in [1.807, 2.05) is 6.92 Å². The van der Waals surface area contributed by atoms with Crippen molar-refractivity contribution in [3.8, 4) is 0 Å². The van der Waals surface area contributed by atoms with Crippen LogP contribution in [0.25, 0.3) is 0 Å². The summed E-state index contributed by atoms with van der Waals surface area (Å²) in [6.07, 6.45) is 1.43. The van der Waals surface area contributed by atoms with Crippen LogP contribution in [0.3, 0.4) is 0 Å². The van der Waals surface area contributed by atoms with E-state index in [1.54, 1.807) is 0 Å². The van der Waals surface area contributed by atoms with Crippen molar-refractivity contribution in [1.82, 2.24) is 10.2 Å². The summed E-state index contributed by atoms with van der Waals surface area (Å²) < 4.78 is 41.8. The molecule has 1 aromatic carbocycles. The normalized spacial score (nSPS) is 11.5. The molecule has 0 bridgehead atoms. The van der Waals surface area contributed by atoms with E-state index in [0.717, 1.165) is 6.42 Å². The van der Waals surface area contributed by atoms with E-state index >= 15 is 0 Å². The van der Waals surface area contributed by atoms with Gasteiger partial charge in [-0.25, -0.2) is 0 Å². The molecule has 0 saturated carbocycles. The number of aromatic nitrogens is 2. The Morgan fingerprint density at radius 1 is 1.27 bits per heavy atom. The third-order valence-corrected chi connectivity index (χ3v) is 3.24. The van der Waals surface area contributed by atoms with Crippen LogP contribution in [0.5, 0.6) is 0 Å². The summed E-state index contributed by atoms with van der Waals surface area (Å²) in [5, 5.41) is 9.81. The van der Waals surface area contributed by atoms with E-state index < -0.39 is 11.4 Å². The van der Waals surface area contributed by atoms with Crippen LogP contribution in [0.4, 0.5) is 19.2 Å². The zero-order valence-corrected chi connectivity index (χ0v) is 12.3. The second-order valence-electron chi connectivity index (χ2n) is 4.28. The monoisotopic (exact) mass is 331 g/mol. The van der Waals surface area contributed by atoms with Gasteiger partial charge in [0.1, 0.15) is 0 Å². The number of aryl methyl sites for hydroxylation is 1. The van der Waals surface area contributed by atoms with E-state index in [-0.39, 0.29) is 28.2 Å². The van der Waals surface area contributed by atoms with Crippen molar-refractivity contribution in [1.29, 1.82) is 0 Å². The Kier molecular flexibility index (Phi) is 5.07. The molecule has 0 radical (unpaired) electrons. The minimum Gasteiger partial charge on any atom is -0.408 e. The van der Waals surface area contributed by atoms with Crippen LogP contribution in [-0.4, -0.2) is 21.6 Å². The molecule has 1 N–H and O–H groups in total. The molecular weight excluding hydrogens is 319 g/mol. The number of alkyl halides is 3. The Morgan fingerprint density at radius 2 is 1.95 bits per heavy atom. The van der Waals surface area contributed by atoms with Gasteiger partial charge in [-0.1, -0.05) is 12.0 Å². The Morgan fingerprint density at radius 3 is 2.55 bits per heavy atom. The molecule has 1 heterocycles. The molecule has 2 rings (SSSR count). The zero-order chi connectivity index (χ0) is 16.2. The summed E-state index contributed by atoms with van der Waals surface area (Å²) >= 11 is -0.239.